The van der Waals surface area contributed by atoms with Gasteiger partial charge in [-0.25, -0.2) is 4.79 Å². The summed E-state index contributed by atoms with van der Waals surface area (Å²) >= 11 is 0. The Bertz CT molecular complexity index is 529. The number of primary amides is 1. The van der Waals surface area contributed by atoms with Crippen LogP contribution in [0.5, 0.6) is 0 Å². The number of quaternary nitrogens is 1. The average Bonchev–Trinajstić information content (AvgIpc) is 2.98. The highest BCUT2D eigenvalue weighted by Crippen LogP contribution is 2.35. The second kappa shape index (κ2) is 7.35. The van der Waals surface area contributed by atoms with Crippen molar-refractivity contribution in [2.24, 2.45) is 11.7 Å². The third-order valence-corrected chi connectivity index (χ3v) is 6.14. The van der Waals surface area contributed by atoms with Crippen LogP contribution in [0, 0.1) is 5.92 Å². The summed E-state index contributed by atoms with van der Waals surface area (Å²) in [5, 5.41) is 0. The summed E-state index contributed by atoms with van der Waals surface area (Å²) in [6, 6.07) is 0.497. The van der Waals surface area contributed by atoms with Crippen molar-refractivity contribution in [3.05, 3.63) is 0 Å². The first kappa shape index (κ1) is 19.4. The molecule has 0 unspecified atom stereocenters. The van der Waals surface area contributed by atoms with Crippen LogP contribution in [0.25, 0.3) is 0 Å². The first-order valence-corrected chi connectivity index (χ1v) is 9.93. The molecule has 0 aromatic rings. The van der Waals surface area contributed by atoms with Gasteiger partial charge in [-0.1, -0.05) is 0 Å². The molecule has 3 heterocycles. The lowest BCUT2D eigenvalue weighted by atomic mass is 9.86. The Morgan fingerprint density at radius 2 is 1.81 bits per heavy atom. The van der Waals surface area contributed by atoms with Crippen LogP contribution >= 0.6 is 0 Å². The largest absolute Gasteiger partial charge is 0.444 e. The Kier molecular flexibility index (Phi) is 5.49. The molecule has 3 aliphatic rings. The first-order valence-electron chi connectivity index (χ1n) is 9.93. The van der Waals surface area contributed by atoms with Gasteiger partial charge in [-0.15, -0.1) is 0 Å². The van der Waals surface area contributed by atoms with Crippen LogP contribution in [0.1, 0.15) is 52.9 Å². The highest BCUT2D eigenvalue weighted by molar-refractivity contribution is 5.76. The highest BCUT2D eigenvalue weighted by atomic mass is 16.6. The van der Waals surface area contributed by atoms with E-state index in [9.17, 15) is 9.59 Å². The zero-order chi connectivity index (χ0) is 18.9. The van der Waals surface area contributed by atoms with Crippen LogP contribution in [-0.2, 0) is 14.3 Å². The van der Waals surface area contributed by atoms with Crippen molar-refractivity contribution in [2.75, 3.05) is 32.8 Å². The van der Waals surface area contributed by atoms with Gasteiger partial charge in [0, 0.05) is 38.3 Å². The van der Waals surface area contributed by atoms with Gasteiger partial charge >= 0.3 is 6.09 Å². The number of ether oxygens (including phenoxy) is 2. The predicted octanol–water partition coefficient (Wildman–Crippen LogP) is 0.325. The standard InChI is InChI=1S/C19H33N3O4/c1-18(2,3)26-17(24)22-10-6-19(7-11-22)12-15(13-25-19)21-8-4-14(5-9-21)16(20)23/h14-15H,4-13H2,1-3H3,(H2,20,23)/p+1/t15-/m1/s1. The Morgan fingerprint density at radius 3 is 2.35 bits per heavy atom. The van der Waals surface area contributed by atoms with Crippen LogP contribution in [0.2, 0.25) is 0 Å². The van der Waals surface area contributed by atoms with Gasteiger partial charge in [0.05, 0.1) is 25.3 Å². The molecule has 3 aliphatic heterocycles. The number of amides is 2. The number of nitrogens with one attached hydrogen (secondary N) is 1. The van der Waals surface area contributed by atoms with E-state index in [2.05, 4.69) is 0 Å². The minimum Gasteiger partial charge on any atom is -0.444 e. The van der Waals surface area contributed by atoms with Gasteiger partial charge in [0.15, 0.2) is 0 Å². The van der Waals surface area contributed by atoms with Crippen LogP contribution in [0.4, 0.5) is 4.79 Å². The quantitative estimate of drug-likeness (QED) is 0.735. The minimum atomic E-state index is -0.457. The predicted molar refractivity (Wildman–Crippen MR) is 96.7 cm³/mol. The molecule has 3 N–H and O–H groups in total. The molecule has 0 bridgehead atoms. The number of nitrogens with zero attached hydrogens (tertiary/aromatic N) is 1. The molecule has 3 fully saturated rings. The van der Waals surface area contributed by atoms with Gasteiger partial charge in [0.2, 0.25) is 5.91 Å². The first-order chi connectivity index (χ1) is 12.2. The Labute approximate surface area is 156 Å². The molecule has 1 atom stereocenters. The molecule has 0 aromatic carbocycles. The van der Waals surface area contributed by atoms with E-state index in [4.69, 9.17) is 15.2 Å². The second-order valence-corrected chi connectivity index (χ2v) is 9.20. The van der Waals surface area contributed by atoms with Crippen LogP contribution in [0.15, 0.2) is 0 Å². The Morgan fingerprint density at radius 1 is 1.19 bits per heavy atom. The molecule has 0 radical (unpaired) electrons. The molecule has 0 aliphatic carbocycles. The molecule has 3 rings (SSSR count). The van der Waals surface area contributed by atoms with Crippen molar-refractivity contribution in [1.29, 1.82) is 0 Å². The van der Waals surface area contributed by atoms with Crippen molar-refractivity contribution in [3.8, 4) is 0 Å². The molecule has 1 spiro atoms. The van der Waals surface area contributed by atoms with E-state index in [1.807, 2.05) is 20.8 Å². The van der Waals surface area contributed by atoms with Gasteiger partial charge in [-0.2, -0.15) is 0 Å². The maximum absolute atomic E-state index is 12.2. The number of carbonyl (C=O) groups excluding carboxylic acids is 2. The second-order valence-electron chi connectivity index (χ2n) is 9.20. The average molecular weight is 368 g/mol. The Balaban J connectivity index is 1.47. The fourth-order valence-corrected chi connectivity index (χ4v) is 4.56. The number of hydrogen-bond acceptors (Lipinski definition) is 4. The van der Waals surface area contributed by atoms with Crippen molar-refractivity contribution in [1.82, 2.24) is 4.90 Å². The molecule has 0 aromatic heterocycles. The normalized spacial score (nSPS) is 31.8. The molecule has 148 valence electrons. The number of piperidine rings is 2. The fraction of sp³-hybridized carbons (Fsp3) is 0.895. The lowest BCUT2D eigenvalue weighted by molar-refractivity contribution is -0.929. The van der Waals surface area contributed by atoms with Crippen molar-refractivity contribution in [3.63, 3.8) is 0 Å². The zero-order valence-corrected chi connectivity index (χ0v) is 16.4. The third kappa shape index (κ3) is 4.49. The van der Waals surface area contributed by atoms with Gasteiger partial charge in [-0.05, 0) is 33.6 Å². The van der Waals surface area contributed by atoms with Crippen LogP contribution in [0.3, 0.4) is 0 Å². The summed E-state index contributed by atoms with van der Waals surface area (Å²) < 4.78 is 11.7. The maximum Gasteiger partial charge on any atom is 0.410 e. The molecule has 2 amide bonds. The number of hydrogen-bond donors (Lipinski definition) is 2. The molecular weight excluding hydrogens is 334 g/mol. The topological polar surface area (TPSA) is 86.3 Å². The summed E-state index contributed by atoms with van der Waals surface area (Å²) in [5.41, 5.74) is 4.89. The molecule has 7 nitrogen and oxygen atoms in total. The van der Waals surface area contributed by atoms with E-state index in [-0.39, 0.29) is 23.5 Å². The van der Waals surface area contributed by atoms with Crippen molar-refractivity contribution >= 4 is 12.0 Å². The highest BCUT2D eigenvalue weighted by Gasteiger charge is 2.47. The number of nitrogens with two attached hydrogens (primary N) is 1. The van der Waals surface area contributed by atoms with Gasteiger partial charge < -0.3 is 25.0 Å². The Hall–Kier alpha value is -1.34. The summed E-state index contributed by atoms with van der Waals surface area (Å²) in [4.78, 5) is 26.9. The molecule has 0 saturated carbocycles. The maximum atomic E-state index is 12.2. The van der Waals surface area contributed by atoms with Crippen molar-refractivity contribution in [2.45, 2.75) is 70.1 Å². The van der Waals surface area contributed by atoms with E-state index >= 15 is 0 Å². The van der Waals surface area contributed by atoms with Gasteiger partial charge in [0.25, 0.3) is 0 Å². The van der Waals surface area contributed by atoms with E-state index in [0.29, 0.717) is 19.1 Å². The lowest BCUT2D eigenvalue weighted by Gasteiger charge is -2.39. The van der Waals surface area contributed by atoms with Crippen molar-refractivity contribution < 1.29 is 24.0 Å². The summed E-state index contributed by atoms with van der Waals surface area (Å²) in [5.74, 6) is -0.107. The van der Waals surface area contributed by atoms with Crippen LogP contribution < -0.4 is 10.6 Å². The number of likely N-dealkylation sites (tertiary alicyclic amines) is 2. The van der Waals surface area contributed by atoms with Crippen LogP contribution in [-0.4, -0.2) is 66.9 Å². The number of rotatable bonds is 2. The fourth-order valence-electron chi connectivity index (χ4n) is 4.56. The molecular formula is C19H34N3O4+. The summed E-state index contributed by atoms with van der Waals surface area (Å²) in [7, 11) is 0. The smallest absolute Gasteiger partial charge is 0.410 e. The zero-order valence-electron chi connectivity index (χ0n) is 16.4. The molecule has 26 heavy (non-hydrogen) atoms. The van der Waals surface area contributed by atoms with E-state index in [1.165, 1.54) is 0 Å². The third-order valence-electron chi connectivity index (χ3n) is 6.14. The van der Waals surface area contributed by atoms with E-state index < -0.39 is 5.60 Å². The lowest BCUT2D eigenvalue weighted by Crippen LogP contribution is -3.17. The van der Waals surface area contributed by atoms with Gasteiger partial charge in [-0.3, -0.25) is 4.79 Å². The molecule has 3 saturated heterocycles. The summed E-state index contributed by atoms with van der Waals surface area (Å²) in [6.45, 7) is 9.86. The molecule has 7 heteroatoms. The van der Waals surface area contributed by atoms with Gasteiger partial charge in [0.1, 0.15) is 11.6 Å². The van der Waals surface area contributed by atoms with E-state index in [0.717, 1.165) is 51.8 Å². The minimum absolute atomic E-state index is 0.0482. The monoisotopic (exact) mass is 368 g/mol. The number of carbonyl (C=O) groups is 2. The SMILES string of the molecule is CC(C)(C)OC(=O)N1CCC2(CC1)C[C@@H]([NH+]1CCC(C(N)=O)CC1)CO2. The van der Waals surface area contributed by atoms with E-state index in [1.54, 1.807) is 9.80 Å². The summed E-state index contributed by atoms with van der Waals surface area (Å²) in [6.07, 6.45) is 4.35.